The first-order valence-electron chi connectivity index (χ1n) is 10.5. The zero-order valence-electron chi connectivity index (χ0n) is 16.2. The molecule has 2 aromatic carbocycles. The van der Waals surface area contributed by atoms with Crippen molar-refractivity contribution in [2.24, 2.45) is 0 Å². The summed E-state index contributed by atoms with van der Waals surface area (Å²) in [4.78, 5) is 11.5. The van der Waals surface area contributed by atoms with Crippen molar-refractivity contribution in [3.8, 4) is 10.1 Å². The summed E-state index contributed by atoms with van der Waals surface area (Å²) in [6, 6.07) is 13.5. The molecular formula is C24H24N3Se+. The molecule has 0 saturated heterocycles. The molecule has 28 heavy (non-hydrogen) atoms. The second-order valence-corrected chi connectivity index (χ2v) is 10.2. The van der Waals surface area contributed by atoms with Crippen molar-refractivity contribution in [3.05, 3.63) is 52.9 Å². The standard InChI is InChI=1S/C24H23N3Se/c1-2-25-19-14-21-22(17-9-4-3-8-16(17)19)26-20-13-15-7-5-11-27-12-6-10-18(23(15)27)24(20)28-21/h3-4,8-9,13-14H,2,5-7,10-12H2,1H3/p+1. The van der Waals surface area contributed by atoms with Crippen LogP contribution in [0, 0.1) is 0 Å². The Morgan fingerprint density at radius 2 is 1.89 bits per heavy atom. The molecule has 0 unspecified atom stereocenters. The molecule has 0 amide bonds. The van der Waals surface area contributed by atoms with Crippen LogP contribution in [-0.2, 0) is 12.8 Å². The van der Waals surface area contributed by atoms with Crippen molar-refractivity contribution in [2.45, 2.75) is 32.6 Å². The summed E-state index contributed by atoms with van der Waals surface area (Å²) in [5.41, 5.74) is 7.19. The second kappa shape index (κ2) is 6.43. The fraction of sp³-hybridized carbons (Fsp3) is 0.333. The molecule has 6 rings (SSSR count). The second-order valence-electron chi connectivity index (χ2n) is 7.97. The van der Waals surface area contributed by atoms with E-state index in [0.29, 0.717) is 14.5 Å². The van der Waals surface area contributed by atoms with Gasteiger partial charge in [0.05, 0.1) is 0 Å². The first-order chi connectivity index (χ1) is 13.8. The van der Waals surface area contributed by atoms with E-state index in [9.17, 15) is 0 Å². The number of anilines is 1. The molecule has 3 aliphatic heterocycles. The Morgan fingerprint density at radius 3 is 2.75 bits per heavy atom. The van der Waals surface area contributed by atoms with Gasteiger partial charge in [0, 0.05) is 0 Å². The number of hydrogen-bond donors (Lipinski definition) is 1. The molecule has 3 nitrogen and oxygen atoms in total. The molecule has 0 bridgehead atoms. The Kier molecular flexibility index (Phi) is 3.85. The Hall–Kier alpha value is -2.16. The van der Waals surface area contributed by atoms with Crippen LogP contribution in [0.3, 0.4) is 0 Å². The third-order valence-electron chi connectivity index (χ3n) is 6.25. The Bertz CT molecular complexity index is 1270. The van der Waals surface area contributed by atoms with Crippen molar-refractivity contribution in [3.63, 3.8) is 0 Å². The Morgan fingerprint density at radius 1 is 1.07 bits per heavy atom. The Balaban J connectivity index is 1.75. The summed E-state index contributed by atoms with van der Waals surface area (Å²) >= 11 is 0.311. The molecule has 0 fully saturated rings. The minimum atomic E-state index is 0.311. The van der Waals surface area contributed by atoms with Crippen LogP contribution < -0.4 is 15.2 Å². The minimum absolute atomic E-state index is 0.311. The van der Waals surface area contributed by atoms with Crippen molar-refractivity contribution in [2.75, 3.05) is 24.5 Å². The molecule has 4 heteroatoms. The van der Waals surface area contributed by atoms with Gasteiger partial charge in [-0.15, -0.1) is 0 Å². The molecule has 3 heterocycles. The monoisotopic (exact) mass is 434 g/mol. The van der Waals surface area contributed by atoms with Gasteiger partial charge in [0.1, 0.15) is 0 Å². The van der Waals surface area contributed by atoms with Crippen molar-refractivity contribution in [1.29, 1.82) is 0 Å². The van der Waals surface area contributed by atoms with Gasteiger partial charge >= 0.3 is 171 Å². The van der Waals surface area contributed by atoms with Gasteiger partial charge in [0.15, 0.2) is 0 Å². The van der Waals surface area contributed by atoms with Crippen molar-refractivity contribution in [1.82, 2.24) is 4.98 Å². The van der Waals surface area contributed by atoms with Gasteiger partial charge in [-0.2, -0.15) is 0 Å². The van der Waals surface area contributed by atoms with Gasteiger partial charge < -0.3 is 0 Å². The SMILES string of the molecule is CC[NH+]=c1cc2[se]c3c4c5c(cc3nc-2c2ccccc12)CCCN5CCC4. The van der Waals surface area contributed by atoms with Gasteiger partial charge in [-0.05, 0) is 0 Å². The number of nitrogens with one attached hydrogen (secondary N) is 1. The van der Waals surface area contributed by atoms with E-state index in [4.69, 9.17) is 4.98 Å². The van der Waals surface area contributed by atoms with Crippen molar-refractivity contribution < 1.29 is 4.99 Å². The number of aryl methyl sites for hydroxylation is 2. The normalized spacial score (nSPS) is 16.9. The van der Waals surface area contributed by atoms with Gasteiger partial charge in [-0.25, -0.2) is 0 Å². The molecule has 0 saturated carbocycles. The topological polar surface area (TPSA) is 30.1 Å². The first-order valence-corrected chi connectivity index (χ1v) is 12.2. The van der Waals surface area contributed by atoms with Crippen LogP contribution in [0.25, 0.3) is 30.7 Å². The quantitative estimate of drug-likeness (QED) is 0.284. The van der Waals surface area contributed by atoms with Crippen LogP contribution in [0.5, 0.6) is 0 Å². The van der Waals surface area contributed by atoms with E-state index in [1.807, 2.05) is 0 Å². The molecular weight excluding hydrogens is 409 g/mol. The van der Waals surface area contributed by atoms with Crippen LogP contribution in [-0.4, -0.2) is 39.1 Å². The van der Waals surface area contributed by atoms with E-state index < -0.39 is 0 Å². The fourth-order valence-electron chi connectivity index (χ4n) is 5.11. The van der Waals surface area contributed by atoms with Crippen molar-refractivity contribution >= 4 is 40.7 Å². The van der Waals surface area contributed by atoms with Crippen LogP contribution in [0.2, 0.25) is 0 Å². The third kappa shape index (κ3) is 2.41. The third-order valence-corrected chi connectivity index (χ3v) is 8.74. The molecule has 1 aliphatic carbocycles. The molecule has 4 aliphatic rings. The zero-order valence-corrected chi connectivity index (χ0v) is 17.9. The predicted molar refractivity (Wildman–Crippen MR) is 116 cm³/mol. The summed E-state index contributed by atoms with van der Waals surface area (Å²) in [5, 5.41) is 3.83. The summed E-state index contributed by atoms with van der Waals surface area (Å²) in [6.45, 7) is 5.57. The summed E-state index contributed by atoms with van der Waals surface area (Å²) in [6.07, 6.45) is 5.00. The van der Waals surface area contributed by atoms with Crippen LogP contribution >= 0.6 is 0 Å². The van der Waals surface area contributed by atoms with E-state index in [1.165, 1.54) is 76.1 Å². The first kappa shape index (κ1) is 16.8. The average molecular weight is 433 g/mol. The van der Waals surface area contributed by atoms with E-state index in [1.54, 1.807) is 15.5 Å². The molecule has 0 aromatic heterocycles. The number of nitrogens with zero attached hydrogens (tertiary/aromatic N) is 2. The zero-order chi connectivity index (χ0) is 18.7. The number of fused-ring (bicyclic) bond motifs is 5. The van der Waals surface area contributed by atoms with E-state index >= 15 is 0 Å². The molecule has 0 spiro atoms. The van der Waals surface area contributed by atoms with Gasteiger partial charge in [0.2, 0.25) is 0 Å². The maximum atomic E-state index is 5.27. The van der Waals surface area contributed by atoms with Gasteiger partial charge in [-0.1, -0.05) is 0 Å². The summed E-state index contributed by atoms with van der Waals surface area (Å²) in [7, 11) is 0. The van der Waals surface area contributed by atoms with Crippen LogP contribution in [0.15, 0.2) is 36.4 Å². The molecule has 1 N–H and O–H groups in total. The van der Waals surface area contributed by atoms with Gasteiger partial charge in [-0.3, -0.25) is 0 Å². The number of rotatable bonds is 1. The van der Waals surface area contributed by atoms with E-state index in [2.05, 4.69) is 53.2 Å². The van der Waals surface area contributed by atoms with Gasteiger partial charge in [0.25, 0.3) is 0 Å². The van der Waals surface area contributed by atoms with E-state index in [0.717, 1.165) is 6.54 Å². The van der Waals surface area contributed by atoms with E-state index in [-0.39, 0.29) is 0 Å². The summed E-state index contributed by atoms with van der Waals surface area (Å²) < 4.78 is 2.97. The number of benzene rings is 3. The molecule has 0 atom stereocenters. The average Bonchev–Trinajstić information content (AvgIpc) is 2.74. The predicted octanol–water partition coefficient (Wildman–Crippen LogP) is 2.25. The number of aromatic nitrogens is 1. The molecule has 140 valence electrons. The van der Waals surface area contributed by atoms with Crippen LogP contribution in [0.4, 0.5) is 5.69 Å². The maximum absolute atomic E-state index is 5.27. The Labute approximate surface area is 170 Å². The number of hydrogen-bond acceptors (Lipinski definition) is 2. The summed E-state index contributed by atoms with van der Waals surface area (Å²) in [5.74, 6) is 0. The van der Waals surface area contributed by atoms with Crippen LogP contribution in [0.1, 0.15) is 30.9 Å². The molecule has 2 aromatic rings. The fourth-order valence-corrected chi connectivity index (χ4v) is 7.58. The molecule has 0 radical (unpaired) electrons.